The van der Waals surface area contributed by atoms with Gasteiger partial charge in [-0.15, -0.1) is 10.2 Å². The van der Waals surface area contributed by atoms with Crippen LogP contribution >= 0.6 is 0 Å². The van der Waals surface area contributed by atoms with Gasteiger partial charge in [0.05, 0.1) is 6.54 Å². The first kappa shape index (κ1) is 16.2. The van der Waals surface area contributed by atoms with Crippen LogP contribution in [0.1, 0.15) is 17.0 Å². The largest absolute Gasteiger partial charge is 0.325 e. The molecule has 0 aliphatic rings. The van der Waals surface area contributed by atoms with Crippen LogP contribution in [0.2, 0.25) is 0 Å². The monoisotopic (exact) mass is 264 g/mol. The van der Waals surface area contributed by atoms with Gasteiger partial charge >= 0.3 is 0 Å². The van der Waals surface area contributed by atoms with Gasteiger partial charge in [-0.05, 0) is 12.5 Å². The van der Waals surface area contributed by atoms with Crippen LogP contribution in [0.3, 0.4) is 0 Å². The molecule has 1 aromatic heterocycles. The van der Waals surface area contributed by atoms with Gasteiger partial charge in [0.2, 0.25) is 0 Å². The summed E-state index contributed by atoms with van der Waals surface area (Å²) in [4.78, 5) is 0. The Hall–Kier alpha value is -0.760. The van der Waals surface area contributed by atoms with Crippen LogP contribution in [0.25, 0.3) is 0 Å². The second-order valence-corrected chi connectivity index (χ2v) is 4.39. The molecule has 0 bridgehead atoms. The van der Waals surface area contributed by atoms with E-state index < -0.39 is 10.2 Å². The molecular weight excluding hydrogens is 248 g/mol. The summed E-state index contributed by atoms with van der Waals surface area (Å²) in [5, 5.41) is 0. The van der Waals surface area contributed by atoms with Crippen molar-refractivity contribution < 1.29 is 33.4 Å². The average Bonchev–Trinajstić information content (AvgIpc) is 2.08. The summed E-state index contributed by atoms with van der Waals surface area (Å²) in [7, 11) is -4.94. The van der Waals surface area contributed by atoms with Gasteiger partial charge in [-0.3, -0.25) is 0 Å². The Morgan fingerprint density at radius 2 is 1.41 bits per heavy atom. The highest BCUT2D eigenvalue weighted by Gasteiger charge is 2.09. The van der Waals surface area contributed by atoms with Crippen LogP contribution in [0.15, 0.2) is 12.1 Å². The third-order valence-corrected chi connectivity index (χ3v) is 2.08. The lowest BCUT2D eigenvalue weighted by Gasteiger charge is -2.17. The third kappa shape index (κ3) is 8.03. The quantitative estimate of drug-likeness (QED) is 0.547. The molecule has 1 heterocycles. The van der Waals surface area contributed by atoms with E-state index in [0.717, 1.165) is 6.54 Å². The van der Waals surface area contributed by atoms with E-state index in [1.54, 1.807) is 0 Å². The maximum absolute atomic E-state index is 8.49. The minimum atomic E-state index is -4.94. The van der Waals surface area contributed by atoms with Gasteiger partial charge in [-0.25, -0.2) is 18.6 Å². The molecule has 0 saturated heterocycles. The lowest BCUT2D eigenvalue weighted by atomic mass is 10.2. The van der Waals surface area contributed by atoms with E-state index in [1.165, 1.54) is 17.0 Å². The van der Waals surface area contributed by atoms with Crippen molar-refractivity contribution in [1.82, 2.24) is 0 Å². The van der Waals surface area contributed by atoms with E-state index in [-0.39, 0.29) is 0 Å². The van der Waals surface area contributed by atoms with Crippen molar-refractivity contribution >= 4 is 0 Å². The molecule has 0 aliphatic heterocycles. The number of hydrogen-bond donors (Lipinski definition) is 1. The third-order valence-electron chi connectivity index (χ3n) is 2.08. The van der Waals surface area contributed by atoms with Crippen molar-refractivity contribution in [3.8, 4) is 0 Å². The number of nitrogens with two attached hydrogens (primary N) is 1. The van der Waals surface area contributed by atoms with Gasteiger partial charge in [0, 0.05) is 26.0 Å². The standard InChI is InChI=1S/C10H17N2.ClHO4/c1-8-6-9(2)12(5-4-11)10(3)7-8;2-1(3,4)5/h6-7H,4-5,11H2,1-3H3;(H,2,3,4,5)/q+1;/p-1. The number of nitrogens with zero attached hydrogens (tertiary/aromatic N) is 1. The van der Waals surface area contributed by atoms with Gasteiger partial charge in [0.25, 0.3) is 0 Å². The van der Waals surface area contributed by atoms with Crippen molar-refractivity contribution in [1.29, 1.82) is 0 Å². The molecule has 0 atom stereocenters. The Labute approximate surface area is 103 Å². The highest BCUT2D eigenvalue weighted by Crippen LogP contribution is 2.00. The zero-order valence-corrected chi connectivity index (χ0v) is 10.9. The van der Waals surface area contributed by atoms with Crippen molar-refractivity contribution in [2.75, 3.05) is 6.54 Å². The average molecular weight is 265 g/mol. The van der Waals surface area contributed by atoms with Gasteiger partial charge in [0.15, 0.2) is 17.9 Å². The number of aryl methyl sites for hydroxylation is 3. The Balaban J connectivity index is 0.000000437. The molecular formula is C10H17ClN2O4. The fraction of sp³-hybridized carbons (Fsp3) is 0.500. The predicted molar refractivity (Wildman–Crippen MR) is 49.9 cm³/mol. The van der Waals surface area contributed by atoms with E-state index in [4.69, 9.17) is 24.4 Å². The molecule has 98 valence electrons. The molecule has 7 heteroatoms. The lowest BCUT2D eigenvalue weighted by Crippen LogP contribution is -2.68. The molecule has 0 fully saturated rings. The highest BCUT2D eigenvalue weighted by molar-refractivity contribution is 5.13. The first-order valence-electron chi connectivity index (χ1n) is 4.94. The van der Waals surface area contributed by atoms with Crippen LogP contribution in [0, 0.1) is 31.0 Å². The summed E-state index contributed by atoms with van der Waals surface area (Å²) >= 11 is 0. The molecule has 6 nitrogen and oxygen atoms in total. The molecule has 0 spiro atoms. The zero-order valence-electron chi connectivity index (χ0n) is 10.1. The maximum Gasteiger partial charge on any atom is 0.178 e. The molecule has 0 saturated carbocycles. The molecule has 1 rings (SSSR count). The molecule has 0 amide bonds. The van der Waals surface area contributed by atoms with Gasteiger partial charge < -0.3 is 5.73 Å². The Bertz CT molecular complexity index is 337. The topological polar surface area (TPSA) is 122 Å². The fourth-order valence-electron chi connectivity index (χ4n) is 1.62. The minimum absolute atomic E-state index is 0.704. The number of halogens is 1. The number of rotatable bonds is 2. The maximum atomic E-state index is 8.49. The Kier molecular flexibility index (Phi) is 6.54. The van der Waals surface area contributed by atoms with Gasteiger partial charge in [0.1, 0.15) is 0 Å². The normalized spacial score (nSPS) is 10.8. The molecule has 1 aromatic rings. The second kappa shape index (κ2) is 6.85. The van der Waals surface area contributed by atoms with E-state index in [2.05, 4.69) is 37.5 Å². The molecule has 0 radical (unpaired) electrons. The van der Waals surface area contributed by atoms with Crippen molar-refractivity contribution in [3.05, 3.63) is 29.1 Å². The van der Waals surface area contributed by atoms with Crippen molar-refractivity contribution in [2.24, 2.45) is 5.73 Å². The van der Waals surface area contributed by atoms with Crippen LogP contribution in [0.4, 0.5) is 0 Å². The summed E-state index contributed by atoms with van der Waals surface area (Å²) in [6.07, 6.45) is 0. The van der Waals surface area contributed by atoms with Crippen LogP contribution in [-0.4, -0.2) is 6.54 Å². The van der Waals surface area contributed by atoms with E-state index in [9.17, 15) is 0 Å². The number of aromatic nitrogens is 1. The zero-order chi connectivity index (χ0) is 13.6. The predicted octanol–water partition coefficient (Wildman–Crippen LogP) is -3.90. The van der Waals surface area contributed by atoms with E-state index >= 15 is 0 Å². The summed E-state index contributed by atoms with van der Waals surface area (Å²) < 4.78 is 36.2. The summed E-state index contributed by atoms with van der Waals surface area (Å²) in [6, 6.07) is 4.37. The number of hydrogen-bond acceptors (Lipinski definition) is 5. The van der Waals surface area contributed by atoms with E-state index in [1.807, 2.05) is 0 Å². The molecule has 2 N–H and O–H groups in total. The van der Waals surface area contributed by atoms with Crippen LogP contribution in [0.5, 0.6) is 0 Å². The second-order valence-electron chi connectivity index (χ2n) is 3.63. The van der Waals surface area contributed by atoms with Crippen LogP contribution in [-0.2, 0) is 6.54 Å². The van der Waals surface area contributed by atoms with Gasteiger partial charge in [-0.1, -0.05) is 0 Å². The minimum Gasteiger partial charge on any atom is -0.325 e. The smallest absolute Gasteiger partial charge is 0.178 e. The molecule has 0 unspecified atom stereocenters. The van der Waals surface area contributed by atoms with Gasteiger partial charge in [-0.2, -0.15) is 4.57 Å². The Morgan fingerprint density at radius 1 is 1.06 bits per heavy atom. The molecule has 0 aliphatic carbocycles. The SMILES string of the molecule is Cc1cc(C)[n+](CCN)c(C)c1.[O-][Cl+3]([O-])([O-])[O-]. The van der Waals surface area contributed by atoms with Crippen molar-refractivity contribution in [2.45, 2.75) is 27.3 Å². The lowest BCUT2D eigenvalue weighted by molar-refractivity contribution is -2.00. The molecule has 0 aromatic carbocycles. The first-order chi connectivity index (χ1) is 7.65. The fourth-order valence-corrected chi connectivity index (χ4v) is 1.62. The van der Waals surface area contributed by atoms with E-state index in [0.29, 0.717) is 6.54 Å². The highest BCUT2D eigenvalue weighted by atomic mass is 35.7. The summed E-state index contributed by atoms with van der Waals surface area (Å²) in [6.45, 7) is 7.98. The number of pyridine rings is 1. The van der Waals surface area contributed by atoms with Crippen molar-refractivity contribution in [3.63, 3.8) is 0 Å². The first-order valence-corrected chi connectivity index (χ1v) is 6.18. The summed E-state index contributed by atoms with van der Waals surface area (Å²) in [5.41, 5.74) is 9.41. The summed E-state index contributed by atoms with van der Waals surface area (Å²) in [5.74, 6) is 0. The van der Waals surface area contributed by atoms with Crippen LogP contribution < -0.4 is 28.9 Å². The Morgan fingerprint density at radius 3 is 1.71 bits per heavy atom. The molecule has 17 heavy (non-hydrogen) atoms.